The molecule has 0 atom stereocenters. The van der Waals surface area contributed by atoms with Crippen molar-refractivity contribution >= 4 is 46.9 Å². The van der Waals surface area contributed by atoms with Crippen molar-refractivity contribution in [3.05, 3.63) is 94.0 Å². The van der Waals surface area contributed by atoms with E-state index in [0.717, 1.165) is 5.56 Å². The summed E-state index contributed by atoms with van der Waals surface area (Å²) in [6.45, 7) is 0.342. The van der Waals surface area contributed by atoms with Crippen molar-refractivity contribution in [1.29, 1.82) is 0 Å². The van der Waals surface area contributed by atoms with Gasteiger partial charge in [0.25, 0.3) is 0 Å². The van der Waals surface area contributed by atoms with Gasteiger partial charge in [-0.25, -0.2) is 5.43 Å². The fraction of sp³-hybridized carbons (Fsp3) is 0.0455. The lowest BCUT2D eigenvalue weighted by Gasteiger charge is -2.09. The van der Waals surface area contributed by atoms with Crippen LogP contribution in [0, 0.1) is 0 Å². The van der Waals surface area contributed by atoms with E-state index in [1.807, 2.05) is 24.3 Å². The first-order valence-corrected chi connectivity index (χ1v) is 9.64. The van der Waals surface area contributed by atoms with Crippen molar-refractivity contribution in [2.45, 2.75) is 6.61 Å². The molecule has 0 aliphatic carbocycles. The molecule has 3 aromatic rings. The molecular formula is C22H17Cl2N3O3. The summed E-state index contributed by atoms with van der Waals surface area (Å²) >= 11 is 11.8. The van der Waals surface area contributed by atoms with Gasteiger partial charge in [-0.3, -0.25) is 9.59 Å². The quantitative estimate of drug-likeness (QED) is 0.331. The van der Waals surface area contributed by atoms with Crippen molar-refractivity contribution in [3.8, 4) is 5.75 Å². The third-order valence-corrected chi connectivity index (χ3v) is 4.51. The number of rotatable bonds is 6. The van der Waals surface area contributed by atoms with Crippen LogP contribution >= 0.6 is 23.2 Å². The van der Waals surface area contributed by atoms with Gasteiger partial charge in [-0.1, -0.05) is 59.6 Å². The van der Waals surface area contributed by atoms with Gasteiger partial charge in [0.15, 0.2) is 0 Å². The average molecular weight is 442 g/mol. The number of ether oxygens (including phenoxy) is 1. The van der Waals surface area contributed by atoms with E-state index in [4.69, 9.17) is 27.9 Å². The molecule has 0 aliphatic heterocycles. The molecule has 0 unspecified atom stereocenters. The Labute approximate surface area is 183 Å². The third-order valence-electron chi connectivity index (χ3n) is 3.92. The highest BCUT2D eigenvalue weighted by atomic mass is 35.5. The molecule has 0 aromatic heterocycles. The standard InChI is InChI=1S/C22H17Cl2N3O3/c23-17-11-9-15(10-12-17)14-30-20-8-4-1-5-16(20)13-25-27-22(29)21(28)26-19-7-3-2-6-18(19)24/h1-13H,14H2,(H,26,28)(H,27,29)/b25-13-. The molecule has 0 saturated heterocycles. The molecule has 2 N–H and O–H groups in total. The van der Waals surface area contributed by atoms with E-state index in [-0.39, 0.29) is 0 Å². The predicted molar refractivity (Wildman–Crippen MR) is 118 cm³/mol. The van der Waals surface area contributed by atoms with Gasteiger partial charge in [-0.2, -0.15) is 5.10 Å². The Morgan fingerprint density at radius 2 is 1.60 bits per heavy atom. The maximum Gasteiger partial charge on any atom is 0.329 e. The summed E-state index contributed by atoms with van der Waals surface area (Å²) in [5, 5.41) is 7.24. The minimum atomic E-state index is -0.925. The Balaban J connectivity index is 1.58. The molecule has 8 heteroatoms. The molecule has 0 aliphatic rings. The van der Waals surface area contributed by atoms with Gasteiger partial charge in [-0.05, 0) is 42.0 Å². The van der Waals surface area contributed by atoms with Gasteiger partial charge in [0.2, 0.25) is 0 Å². The van der Waals surface area contributed by atoms with Crippen LogP contribution in [0.4, 0.5) is 5.69 Å². The minimum absolute atomic E-state index is 0.328. The molecule has 0 bridgehead atoms. The predicted octanol–water partition coefficient (Wildman–Crippen LogP) is 4.66. The molecule has 30 heavy (non-hydrogen) atoms. The average Bonchev–Trinajstić information content (AvgIpc) is 2.75. The second-order valence-electron chi connectivity index (χ2n) is 6.09. The van der Waals surface area contributed by atoms with Gasteiger partial charge in [-0.15, -0.1) is 0 Å². The molecule has 0 heterocycles. The number of hydrogen-bond acceptors (Lipinski definition) is 4. The summed E-state index contributed by atoms with van der Waals surface area (Å²) in [5.74, 6) is -1.23. The van der Waals surface area contributed by atoms with E-state index < -0.39 is 11.8 Å². The smallest absolute Gasteiger partial charge is 0.329 e. The van der Waals surface area contributed by atoms with Crippen molar-refractivity contribution in [2.75, 3.05) is 5.32 Å². The Kier molecular flexibility index (Phi) is 7.43. The molecule has 0 fully saturated rings. The largest absolute Gasteiger partial charge is 0.488 e. The Hall–Kier alpha value is -3.35. The third kappa shape index (κ3) is 6.07. The SMILES string of the molecule is O=C(N/N=C\c1ccccc1OCc1ccc(Cl)cc1)C(=O)Nc1ccccc1Cl. The first kappa shape index (κ1) is 21.4. The number of hydrazone groups is 1. The molecule has 0 saturated carbocycles. The van der Waals surface area contributed by atoms with Crippen LogP contribution in [0.5, 0.6) is 5.75 Å². The highest BCUT2D eigenvalue weighted by molar-refractivity contribution is 6.41. The molecule has 6 nitrogen and oxygen atoms in total. The van der Waals surface area contributed by atoms with Gasteiger partial charge in [0, 0.05) is 10.6 Å². The lowest BCUT2D eigenvalue weighted by atomic mass is 10.2. The number of benzene rings is 3. The fourth-order valence-corrected chi connectivity index (χ4v) is 2.72. The molecule has 152 valence electrons. The van der Waals surface area contributed by atoms with E-state index in [1.165, 1.54) is 6.21 Å². The molecule has 0 radical (unpaired) electrons. The topological polar surface area (TPSA) is 79.8 Å². The van der Waals surface area contributed by atoms with Crippen LogP contribution < -0.4 is 15.5 Å². The summed E-state index contributed by atoms with van der Waals surface area (Å²) in [7, 11) is 0. The number of para-hydroxylation sites is 2. The number of nitrogens with zero attached hydrogens (tertiary/aromatic N) is 1. The van der Waals surface area contributed by atoms with Gasteiger partial charge < -0.3 is 10.1 Å². The highest BCUT2D eigenvalue weighted by Gasteiger charge is 2.14. The van der Waals surface area contributed by atoms with Gasteiger partial charge in [0.1, 0.15) is 12.4 Å². The lowest BCUT2D eigenvalue weighted by molar-refractivity contribution is -0.136. The zero-order valence-electron chi connectivity index (χ0n) is 15.6. The van der Waals surface area contributed by atoms with Crippen molar-refractivity contribution < 1.29 is 14.3 Å². The number of carbonyl (C=O) groups is 2. The lowest BCUT2D eigenvalue weighted by Crippen LogP contribution is -2.32. The zero-order valence-corrected chi connectivity index (χ0v) is 17.2. The van der Waals surface area contributed by atoms with Crippen molar-refractivity contribution in [3.63, 3.8) is 0 Å². The Morgan fingerprint density at radius 3 is 2.37 bits per heavy atom. The second kappa shape index (κ2) is 10.4. The highest BCUT2D eigenvalue weighted by Crippen LogP contribution is 2.20. The van der Waals surface area contributed by atoms with Crippen molar-refractivity contribution in [1.82, 2.24) is 5.43 Å². The number of anilines is 1. The van der Waals surface area contributed by atoms with Crippen LogP contribution in [-0.4, -0.2) is 18.0 Å². The van der Waals surface area contributed by atoms with Crippen LogP contribution in [0.1, 0.15) is 11.1 Å². The molecule has 3 rings (SSSR count). The van der Waals surface area contributed by atoms with E-state index >= 15 is 0 Å². The molecule has 2 amide bonds. The van der Waals surface area contributed by atoms with Crippen LogP contribution in [0.25, 0.3) is 0 Å². The monoisotopic (exact) mass is 441 g/mol. The fourth-order valence-electron chi connectivity index (χ4n) is 2.41. The summed E-state index contributed by atoms with van der Waals surface area (Å²) in [6.07, 6.45) is 1.40. The first-order valence-electron chi connectivity index (χ1n) is 8.88. The number of carbonyl (C=O) groups excluding carboxylic acids is 2. The number of hydrogen-bond donors (Lipinski definition) is 2. The van der Waals surface area contributed by atoms with Crippen LogP contribution in [0.2, 0.25) is 10.0 Å². The van der Waals surface area contributed by atoms with Gasteiger partial charge >= 0.3 is 11.8 Å². The van der Waals surface area contributed by atoms with Crippen LogP contribution in [0.15, 0.2) is 77.9 Å². The van der Waals surface area contributed by atoms with Crippen molar-refractivity contribution in [2.24, 2.45) is 5.10 Å². The summed E-state index contributed by atoms with van der Waals surface area (Å²) in [6, 6.07) is 21.1. The number of halogens is 2. The van der Waals surface area contributed by atoms with E-state index in [2.05, 4.69) is 15.8 Å². The summed E-state index contributed by atoms with van der Waals surface area (Å²) in [4.78, 5) is 23.9. The maximum atomic E-state index is 12.0. The number of nitrogens with one attached hydrogen (secondary N) is 2. The zero-order chi connectivity index (χ0) is 21.3. The molecule has 3 aromatic carbocycles. The van der Waals surface area contributed by atoms with E-state index in [1.54, 1.807) is 48.5 Å². The van der Waals surface area contributed by atoms with Crippen LogP contribution in [0.3, 0.4) is 0 Å². The second-order valence-corrected chi connectivity index (χ2v) is 6.93. The maximum absolute atomic E-state index is 12.0. The number of amides is 2. The minimum Gasteiger partial charge on any atom is -0.488 e. The Morgan fingerprint density at radius 1 is 0.900 bits per heavy atom. The van der Waals surface area contributed by atoms with Gasteiger partial charge in [0.05, 0.1) is 16.9 Å². The normalized spacial score (nSPS) is 10.6. The van der Waals surface area contributed by atoms with Crippen LogP contribution in [-0.2, 0) is 16.2 Å². The molecular weight excluding hydrogens is 425 g/mol. The summed E-state index contributed by atoms with van der Waals surface area (Å²) < 4.78 is 5.82. The Bertz CT molecular complexity index is 1070. The van der Waals surface area contributed by atoms with E-state index in [9.17, 15) is 9.59 Å². The first-order chi connectivity index (χ1) is 14.5. The summed E-state index contributed by atoms with van der Waals surface area (Å²) in [5.41, 5.74) is 4.11. The molecule has 0 spiro atoms. The van der Waals surface area contributed by atoms with E-state index in [0.29, 0.717) is 33.7 Å².